The molecule has 3 aromatic rings. The van der Waals surface area contributed by atoms with Gasteiger partial charge in [0.15, 0.2) is 0 Å². The van der Waals surface area contributed by atoms with E-state index in [0.29, 0.717) is 12.3 Å². The van der Waals surface area contributed by atoms with Crippen LogP contribution >= 0.6 is 0 Å². The lowest BCUT2D eigenvalue weighted by molar-refractivity contribution is -0.385. The van der Waals surface area contributed by atoms with Gasteiger partial charge >= 0.3 is 5.69 Å². The molecule has 2 aromatic carbocycles. The van der Waals surface area contributed by atoms with Crippen molar-refractivity contribution in [1.29, 1.82) is 0 Å². The summed E-state index contributed by atoms with van der Waals surface area (Å²) in [6.07, 6.45) is 1.15. The van der Waals surface area contributed by atoms with Crippen LogP contribution in [0.15, 0.2) is 48.7 Å². The predicted molar refractivity (Wildman–Crippen MR) is 107 cm³/mol. The molecule has 0 bridgehead atoms. The highest BCUT2D eigenvalue weighted by Crippen LogP contribution is 2.31. The van der Waals surface area contributed by atoms with Gasteiger partial charge in [-0.05, 0) is 25.5 Å². The molecule has 1 N–H and O–H groups in total. The molecule has 30 heavy (non-hydrogen) atoms. The number of carbonyl (C=O) groups is 1. The molecule has 0 radical (unpaired) electrons. The van der Waals surface area contributed by atoms with Crippen molar-refractivity contribution in [2.24, 2.45) is 0 Å². The van der Waals surface area contributed by atoms with Crippen LogP contribution in [0.2, 0.25) is 0 Å². The fourth-order valence-electron chi connectivity index (χ4n) is 2.68. The maximum atomic E-state index is 12.6. The first-order valence-electron chi connectivity index (χ1n) is 8.84. The Morgan fingerprint density at radius 3 is 2.53 bits per heavy atom. The molecule has 0 unspecified atom stereocenters. The molecular weight excluding hydrogens is 394 g/mol. The number of hydrogen-bond donors (Lipinski definition) is 1. The smallest absolute Gasteiger partial charge is 0.320 e. The van der Waals surface area contributed by atoms with Gasteiger partial charge in [0.2, 0.25) is 5.69 Å². The van der Waals surface area contributed by atoms with Gasteiger partial charge in [0.25, 0.3) is 11.6 Å². The molecule has 0 spiro atoms. The van der Waals surface area contributed by atoms with E-state index < -0.39 is 27.1 Å². The van der Waals surface area contributed by atoms with Crippen LogP contribution in [-0.4, -0.2) is 25.5 Å². The second kappa shape index (κ2) is 8.39. The minimum absolute atomic E-state index is 0.0399. The van der Waals surface area contributed by atoms with Crippen molar-refractivity contribution < 1.29 is 19.4 Å². The molecular formula is C19H17N5O6. The summed E-state index contributed by atoms with van der Waals surface area (Å²) in [6.45, 7) is 3.87. The van der Waals surface area contributed by atoms with Crippen molar-refractivity contribution in [3.05, 3.63) is 80.1 Å². The average Bonchev–Trinajstić information content (AvgIpc) is 3.15. The summed E-state index contributed by atoms with van der Waals surface area (Å²) >= 11 is 0. The highest BCUT2D eigenvalue weighted by atomic mass is 16.6. The van der Waals surface area contributed by atoms with Crippen molar-refractivity contribution in [3.8, 4) is 11.5 Å². The Bertz CT molecular complexity index is 1140. The van der Waals surface area contributed by atoms with Gasteiger partial charge in [0, 0.05) is 18.7 Å². The molecule has 154 valence electrons. The highest BCUT2D eigenvalue weighted by Gasteiger charge is 2.26. The van der Waals surface area contributed by atoms with Crippen LogP contribution in [0.3, 0.4) is 0 Å². The van der Waals surface area contributed by atoms with Crippen molar-refractivity contribution >= 4 is 23.0 Å². The summed E-state index contributed by atoms with van der Waals surface area (Å²) in [7, 11) is 0. The van der Waals surface area contributed by atoms with Crippen LogP contribution < -0.4 is 10.1 Å². The van der Waals surface area contributed by atoms with E-state index in [0.717, 1.165) is 17.8 Å². The molecule has 11 heteroatoms. The molecule has 0 fully saturated rings. The number of carbonyl (C=O) groups excluding carboxylic acids is 1. The quantitative estimate of drug-likeness (QED) is 0.456. The summed E-state index contributed by atoms with van der Waals surface area (Å²) in [5.74, 6) is -0.244. The summed E-state index contributed by atoms with van der Waals surface area (Å²) < 4.78 is 6.98. The van der Waals surface area contributed by atoms with Gasteiger partial charge in [-0.2, -0.15) is 5.10 Å². The zero-order valence-corrected chi connectivity index (χ0v) is 16.1. The molecule has 11 nitrogen and oxygen atoms in total. The first-order valence-corrected chi connectivity index (χ1v) is 8.84. The van der Waals surface area contributed by atoms with Crippen LogP contribution in [0.4, 0.5) is 17.1 Å². The Kier molecular flexibility index (Phi) is 5.72. The number of nitro groups is 2. The van der Waals surface area contributed by atoms with E-state index >= 15 is 0 Å². The Labute approximate surface area is 170 Å². The minimum atomic E-state index is -0.865. The third-order valence-corrected chi connectivity index (χ3v) is 4.16. The van der Waals surface area contributed by atoms with Gasteiger partial charge in [-0.25, -0.2) is 0 Å². The van der Waals surface area contributed by atoms with Crippen LogP contribution in [-0.2, 0) is 6.54 Å². The largest absolute Gasteiger partial charge is 0.457 e. The van der Waals surface area contributed by atoms with E-state index in [1.54, 1.807) is 19.1 Å². The highest BCUT2D eigenvalue weighted by molar-refractivity contribution is 6.05. The molecule has 1 aromatic heterocycles. The standard InChI is InChI=1S/C19H17N5O6/c1-3-22-11-16(24(28)29)18(21-22)19(25)20-13-8-14(23(26)27)10-15(9-13)30-17-7-5-4-6-12(17)2/h4-11H,3H2,1-2H3,(H,20,25). The molecule has 1 amide bonds. The Hall–Kier alpha value is -4.28. The second-order valence-corrected chi connectivity index (χ2v) is 6.27. The predicted octanol–water partition coefficient (Wildman–Crippen LogP) is 4.07. The lowest BCUT2D eigenvalue weighted by atomic mass is 10.2. The van der Waals surface area contributed by atoms with E-state index in [-0.39, 0.29) is 17.1 Å². The summed E-state index contributed by atoms with van der Waals surface area (Å²) in [4.78, 5) is 33.7. The Morgan fingerprint density at radius 1 is 1.17 bits per heavy atom. The van der Waals surface area contributed by atoms with Crippen LogP contribution in [0.5, 0.6) is 11.5 Å². The lowest BCUT2D eigenvalue weighted by Crippen LogP contribution is -2.15. The molecule has 0 saturated heterocycles. The summed E-state index contributed by atoms with van der Waals surface area (Å²) in [5.41, 5.74) is -0.315. The van der Waals surface area contributed by atoms with E-state index in [4.69, 9.17) is 4.74 Å². The molecule has 0 saturated carbocycles. The van der Waals surface area contributed by atoms with Gasteiger partial charge in [-0.15, -0.1) is 0 Å². The van der Waals surface area contributed by atoms with E-state index in [9.17, 15) is 25.0 Å². The number of hydrogen-bond acceptors (Lipinski definition) is 7. The second-order valence-electron chi connectivity index (χ2n) is 6.27. The van der Waals surface area contributed by atoms with Gasteiger partial charge in [-0.1, -0.05) is 18.2 Å². The van der Waals surface area contributed by atoms with Gasteiger partial charge in [0.05, 0.1) is 21.6 Å². The molecule has 0 atom stereocenters. The average molecular weight is 411 g/mol. The maximum absolute atomic E-state index is 12.6. The number of nitrogens with one attached hydrogen (secondary N) is 1. The molecule has 3 rings (SSSR count). The summed E-state index contributed by atoms with van der Waals surface area (Å²) in [6, 6.07) is 10.8. The number of aromatic nitrogens is 2. The van der Waals surface area contributed by atoms with Gasteiger partial charge in [0.1, 0.15) is 17.7 Å². The number of aryl methyl sites for hydroxylation is 2. The number of ether oxygens (including phenoxy) is 1. The van der Waals surface area contributed by atoms with Crippen molar-refractivity contribution in [2.45, 2.75) is 20.4 Å². The maximum Gasteiger partial charge on any atom is 0.320 e. The first kappa shape index (κ1) is 20.5. The molecule has 0 aliphatic carbocycles. The van der Waals surface area contributed by atoms with Crippen LogP contribution in [0.25, 0.3) is 0 Å². The number of para-hydroxylation sites is 1. The number of anilines is 1. The molecule has 0 aliphatic rings. The fourth-order valence-corrected chi connectivity index (χ4v) is 2.68. The zero-order valence-electron chi connectivity index (χ0n) is 16.1. The first-order chi connectivity index (χ1) is 14.3. The van der Waals surface area contributed by atoms with E-state index in [1.807, 2.05) is 19.1 Å². The zero-order chi connectivity index (χ0) is 21.8. The van der Waals surface area contributed by atoms with Gasteiger partial charge in [-0.3, -0.25) is 29.7 Å². The number of nitrogens with zero attached hydrogens (tertiary/aromatic N) is 4. The van der Waals surface area contributed by atoms with Crippen molar-refractivity contribution in [3.63, 3.8) is 0 Å². The Balaban J connectivity index is 1.94. The van der Waals surface area contributed by atoms with Crippen LogP contribution in [0.1, 0.15) is 23.0 Å². The Morgan fingerprint density at radius 2 is 1.90 bits per heavy atom. The summed E-state index contributed by atoms with van der Waals surface area (Å²) in [5, 5.41) is 28.8. The number of nitro benzene ring substituents is 1. The number of rotatable bonds is 7. The topological polar surface area (TPSA) is 142 Å². The SMILES string of the molecule is CCn1cc([N+](=O)[O-])c(C(=O)Nc2cc(Oc3ccccc3C)cc([N+](=O)[O-])c2)n1. The van der Waals surface area contributed by atoms with Crippen molar-refractivity contribution in [2.75, 3.05) is 5.32 Å². The van der Waals surface area contributed by atoms with Gasteiger partial charge < -0.3 is 10.1 Å². The number of amides is 1. The number of benzene rings is 2. The fraction of sp³-hybridized carbons (Fsp3) is 0.158. The third-order valence-electron chi connectivity index (χ3n) is 4.16. The van der Waals surface area contributed by atoms with Crippen molar-refractivity contribution in [1.82, 2.24) is 9.78 Å². The monoisotopic (exact) mass is 411 g/mol. The normalized spacial score (nSPS) is 10.5. The lowest BCUT2D eigenvalue weighted by Gasteiger charge is -2.10. The number of non-ortho nitro benzene ring substituents is 1. The minimum Gasteiger partial charge on any atom is -0.457 e. The third kappa shape index (κ3) is 4.41. The molecule has 1 heterocycles. The van der Waals surface area contributed by atoms with E-state index in [2.05, 4.69) is 10.4 Å². The molecule has 0 aliphatic heterocycles. The van der Waals surface area contributed by atoms with E-state index in [1.165, 1.54) is 16.8 Å². The van der Waals surface area contributed by atoms with Crippen LogP contribution in [0, 0.1) is 27.2 Å².